The van der Waals surface area contributed by atoms with E-state index in [9.17, 15) is 4.79 Å². The number of hydrogen-bond acceptors (Lipinski definition) is 2. The van der Waals surface area contributed by atoms with Crippen molar-refractivity contribution < 1.29 is 9.53 Å². The van der Waals surface area contributed by atoms with Gasteiger partial charge in [-0.05, 0) is 37.0 Å². The number of carbonyl (C=O) groups excluding carboxylic acids is 1. The Bertz CT molecular complexity index is 573. The second-order valence-electron chi connectivity index (χ2n) is 4.95. The number of benzene rings is 2. The number of hydrogen-bond donors (Lipinski definition) is 0. The molecule has 0 saturated heterocycles. The van der Waals surface area contributed by atoms with Crippen LogP contribution in [0.3, 0.4) is 0 Å². The second-order valence-corrected chi connectivity index (χ2v) is 4.95. The Labute approximate surface area is 120 Å². The van der Waals surface area contributed by atoms with Gasteiger partial charge in [0.2, 0.25) is 0 Å². The highest BCUT2D eigenvalue weighted by atomic mass is 16.5. The molecule has 0 spiro atoms. The van der Waals surface area contributed by atoms with E-state index in [1.54, 1.807) is 7.11 Å². The topological polar surface area (TPSA) is 26.3 Å². The fourth-order valence-corrected chi connectivity index (χ4v) is 2.24. The number of carbonyl (C=O) groups is 1. The van der Waals surface area contributed by atoms with E-state index in [0.29, 0.717) is 6.42 Å². The van der Waals surface area contributed by atoms with E-state index in [1.165, 1.54) is 5.56 Å². The molecule has 0 aliphatic carbocycles. The molecule has 0 aliphatic rings. The SMILES string of the molecule is COc1cc(C(=O)CCCc2ccccc2)ccc1C. The smallest absolute Gasteiger partial charge is 0.163 e. The van der Waals surface area contributed by atoms with E-state index in [0.717, 1.165) is 29.7 Å². The maximum atomic E-state index is 12.2. The normalized spacial score (nSPS) is 10.3. The predicted octanol–water partition coefficient (Wildman–Crippen LogP) is 4.21. The summed E-state index contributed by atoms with van der Waals surface area (Å²) in [6.45, 7) is 1.97. The van der Waals surface area contributed by atoms with Crippen molar-refractivity contribution in [1.82, 2.24) is 0 Å². The van der Waals surface area contributed by atoms with Crippen molar-refractivity contribution in [2.24, 2.45) is 0 Å². The van der Waals surface area contributed by atoms with Crippen molar-refractivity contribution in [2.75, 3.05) is 7.11 Å². The Morgan fingerprint density at radius 3 is 2.55 bits per heavy atom. The standard InChI is InChI=1S/C18H20O2/c1-14-11-12-16(13-18(14)20-2)17(19)10-6-9-15-7-4-3-5-8-15/h3-5,7-8,11-13H,6,9-10H2,1-2H3. The first-order chi connectivity index (χ1) is 9.70. The van der Waals surface area contributed by atoms with Crippen molar-refractivity contribution in [3.8, 4) is 5.75 Å². The first kappa shape index (κ1) is 14.3. The second kappa shape index (κ2) is 6.90. The van der Waals surface area contributed by atoms with Gasteiger partial charge in [-0.25, -0.2) is 0 Å². The molecule has 0 radical (unpaired) electrons. The number of methoxy groups -OCH3 is 1. The zero-order valence-electron chi connectivity index (χ0n) is 12.1. The summed E-state index contributed by atoms with van der Waals surface area (Å²) in [5.41, 5.74) is 3.07. The third kappa shape index (κ3) is 3.70. The molecule has 0 aromatic heterocycles. The molecule has 0 fully saturated rings. The molecule has 2 heteroatoms. The van der Waals surface area contributed by atoms with Crippen molar-refractivity contribution in [3.63, 3.8) is 0 Å². The van der Waals surface area contributed by atoms with E-state index in [4.69, 9.17) is 4.74 Å². The van der Waals surface area contributed by atoms with Gasteiger partial charge in [-0.3, -0.25) is 4.79 Å². The summed E-state index contributed by atoms with van der Waals surface area (Å²) in [7, 11) is 1.63. The highest BCUT2D eigenvalue weighted by Gasteiger charge is 2.08. The Hall–Kier alpha value is -2.09. The first-order valence-corrected chi connectivity index (χ1v) is 6.92. The van der Waals surface area contributed by atoms with Crippen LogP contribution >= 0.6 is 0 Å². The minimum atomic E-state index is 0.180. The zero-order chi connectivity index (χ0) is 14.4. The van der Waals surface area contributed by atoms with Gasteiger partial charge in [0.25, 0.3) is 0 Å². The molecule has 2 aromatic carbocycles. The summed E-state index contributed by atoms with van der Waals surface area (Å²) in [6.07, 6.45) is 2.38. The van der Waals surface area contributed by atoms with Gasteiger partial charge in [0.15, 0.2) is 5.78 Å². The molecule has 0 N–H and O–H groups in total. The largest absolute Gasteiger partial charge is 0.496 e. The lowest BCUT2D eigenvalue weighted by Gasteiger charge is -2.07. The van der Waals surface area contributed by atoms with Gasteiger partial charge in [0.05, 0.1) is 7.11 Å². The van der Waals surface area contributed by atoms with Gasteiger partial charge >= 0.3 is 0 Å². The molecule has 20 heavy (non-hydrogen) atoms. The van der Waals surface area contributed by atoms with E-state index >= 15 is 0 Å². The van der Waals surface area contributed by atoms with Crippen LogP contribution < -0.4 is 4.74 Å². The van der Waals surface area contributed by atoms with E-state index < -0.39 is 0 Å². The number of Topliss-reactive ketones (excluding diaryl/α,β-unsaturated/α-hetero) is 1. The van der Waals surface area contributed by atoms with Crippen molar-refractivity contribution in [1.29, 1.82) is 0 Å². The molecular weight excluding hydrogens is 248 g/mol. The highest BCUT2D eigenvalue weighted by Crippen LogP contribution is 2.20. The summed E-state index contributed by atoms with van der Waals surface area (Å²) in [6, 6.07) is 15.9. The summed E-state index contributed by atoms with van der Waals surface area (Å²) in [5, 5.41) is 0. The van der Waals surface area contributed by atoms with E-state index in [-0.39, 0.29) is 5.78 Å². The number of ether oxygens (including phenoxy) is 1. The van der Waals surface area contributed by atoms with E-state index in [1.807, 2.05) is 43.3 Å². The van der Waals surface area contributed by atoms with Gasteiger partial charge < -0.3 is 4.74 Å². The fourth-order valence-electron chi connectivity index (χ4n) is 2.24. The van der Waals surface area contributed by atoms with Crippen LogP contribution in [0.25, 0.3) is 0 Å². The fraction of sp³-hybridized carbons (Fsp3) is 0.278. The third-order valence-corrected chi connectivity index (χ3v) is 3.44. The molecular formula is C18H20O2. The van der Waals surface area contributed by atoms with Gasteiger partial charge in [0, 0.05) is 12.0 Å². The maximum Gasteiger partial charge on any atom is 0.163 e. The van der Waals surface area contributed by atoms with Crippen molar-refractivity contribution >= 4 is 5.78 Å². The molecule has 2 nitrogen and oxygen atoms in total. The lowest BCUT2D eigenvalue weighted by atomic mass is 10.0. The molecule has 2 aromatic rings. The van der Waals surface area contributed by atoms with Crippen LogP contribution in [0.4, 0.5) is 0 Å². The molecule has 2 rings (SSSR count). The number of rotatable bonds is 6. The average molecular weight is 268 g/mol. The summed E-state index contributed by atoms with van der Waals surface area (Å²) in [5.74, 6) is 0.957. The third-order valence-electron chi connectivity index (χ3n) is 3.44. The van der Waals surface area contributed by atoms with Gasteiger partial charge in [0.1, 0.15) is 5.75 Å². The van der Waals surface area contributed by atoms with E-state index in [2.05, 4.69) is 12.1 Å². The van der Waals surface area contributed by atoms with Crippen LogP contribution in [-0.2, 0) is 6.42 Å². The van der Waals surface area contributed by atoms with Crippen LogP contribution in [0.1, 0.15) is 34.3 Å². The molecule has 0 aliphatic heterocycles. The zero-order valence-corrected chi connectivity index (χ0v) is 12.1. The van der Waals surface area contributed by atoms with Crippen molar-refractivity contribution in [2.45, 2.75) is 26.2 Å². The minimum absolute atomic E-state index is 0.180. The molecule has 0 unspecified atom stereocenters. The molecule has 0 bridgehead atoms. The Kier molecular flexibility index (Phi) is 4.94. The molecule has 0 saturated carbocycles. The average Bonchev–Trinajstić information content (AvgIpc) is 2.48. The summed E-state index contributed by atoms with van der Waals surface area (Å²) < 4.78 is 5.26. The Balaban J connectivity index is 1.92. The lowest BCUT2D eigenvalue weighted by Crippen LogP contribution is -2.01. The van der Waals surface area contributed by atoms with Crippen LogP contribution in [0.5, 0.6) is 5.75 Å². The highest BCUT2D eigenvalue weighted by molar-refractivity contribution is 5.96. The van der Waals surface area contributed by atoms with Gasteiger partial charge in [-0.2, -0.15) is 0 Å². The first-order valence-electron chi connectivity index (χ1n) is 6.92. The Morgan fingerprint density at radius 2 is 1.85 bits per heavy atom. The quantitative estimate of drug-likeness (QED) is 0.734. The maximum absolute atomic E-state index is 12.2. The van der Waals surface area contributed by atoms with Gasteiger partial charge in [-0.15, -0.1) is 0 Å². The lowest BCUT2D eigenvalue weighted by molar-refractivity contribution is 0.0980. The summed E-state index contributed by atoms with van der Waals surface area (Å²) >= 11 is 0. The molecule has 0 amide bonds. The van der Waals surface area contributed by atoms with Crippen LogP contribution in [0, 0.1) is 6.92 Å². The Morgan fingerprint density at radius 1 is 1.10 bits per heavy atom. The van der Waals surface area contributed by atoms with Gasteiger partial charge in [-0.1, -0.05) is 42.5 Å². The van der Waals surface area contributed by atoms with Crippen LogP contribution in [0.2, 0.25) is 0 Å². The molecule has 104 valence electrons. The minimum Gasteiger partial charge on any atom is -0.496 e. The number of aryl methyl sites for hydroxylation is 2. The summed E-state index contributed by atoms with van der Waals surface area (Å²) in [4.78, 5) is 12.2. The van der Waals surface area contributed by atoms with Crippen LogP contribution in [0.15, 0.2) is 48.5 Å². The predicted molar refractivity (Wildman–Crippen MR) is 81.4 cm³/mol. The number of ketones is 1. The van der Waals surface area contributed by atoms with Crippen LogP contribution in [-0.4, -0.2) is 12.9 Å². The monoisotopic (exact) mass is 268 g/mol. The molecule has 0 heterocycles. The molecule has 0 atom stereocenters. The van der Waals surface area contributed by atoms with Crippen molar-refractivity contribution in [3.05, 3.63) is 65.2 Å².